The molecule has 0 N–H and O–H groups in total. The summed E-state index contributed by atoms with van der Waals surface area (Å²) in [6.45, 7) is 6.45. The Morgan fingerprint density at radius 3 is 0.877 bits per heavy atom. The van der Waals surface area contributed by atoms with Crippen LogP contribution >= 0.6 is 0 Å². The number of unbranched alkanes of at least 4 members (excludes halogenated alkanes) is 22. The van der Waals surface area contributed by atoms with E-state index in [9.17, 15) is 14.4 Å². The van der Waals surface area contributed by atoms with E-state index in [1.54, 1.807) is 0 Å². The third-order valence-electron chi connectivity index (χ3n) is 12.4. The van der Waals surface area contributed by atoms with Crippen LogP contribution in [0.2, 0.25) is 0 Å². The molecule has 0 saturated carbocycles. The lowest BCUT2D eigenvalue weighted by Crippen LogP contribution is -2.30. The third-order valence-corrected chi connectivity index (χ3v) is 12.4. The maximum Gasteiger partial charge on any atom is 0.306 e. The zero-order chi connectivity index (χ0) is 52.9. The second-order valence-electron chi connectivity index (χ2n) is 19.5. The van der Waals surface area contributed by atoms with E-state index in [0.29, 0.717) is 19.3 Å². The summed E-state index contributed by atoms with van der Waals surface area (Å²) in [5.41, 5.74) is 0. The first-order valence-electron chi connectivity index (χ1n) is 30.0. The lowest BCUT2D eigenvalue weighted by Gasteiger charge is -2.18. The maximum absolute atomic E-state index is 12.8. The summed E-state index contributed by atoms with van der Waals surface area (Å²) in [4.78, 5) is 38.1. The maximum atomic E-state index is 12.8. The van der Waals surface area contributed by atoms with Crippen LogP contribution in [0.25, 0.3) is 0 Å². The van der Waals surface area contributed by atoms with Gasteiger partial charge in [-0.15, -0.1) is 0 Å². The molecule has 73 heavy (non-hydrogen) atoms. The molecule has 0 aliphatic carbocycles. The molecule has 0 rings (SSSR count). The highest BCUT2D eigenvalue weighted by atomic mass is 16.6. The van der Waals surface area contributed by atoms with Gasteiger partial charge in [0.25, 0.3) is 0 Å². The highest BCUT2D eigenvalue weighted by Gasteiger charge is 2.19. The first-order chi connectivity index (χ1) is 36.0. The van der Waals surface area contributed by atoms with Crippen LogP contribution in [0.1, 0.15) is 265 Å². The molecule has 0 aromatic carbocycles. The highest BCUT2D eigenvalue weighted by Crippen LogP contribution is 2.14. The number of hydrogen-bond donors (Lipinski definition) is 0. The molecule has 6 heteroatoms. The van der Waals surface area contributed by atoms with Crippen molar-refractivity contribution in [2.75, 3.05) is 13.2 Å². The van der Waals surface area contributed by atoms with Crippen LogP contribution in [0, 0.1) is 0 Å². The molecule has 0 fully saturated rings. The second kappa shape index (κ2) is 60.4. The minimum atomic E-state index is -0.799. The molecule has 0 heterocycles. The minimum absolute atomic E-state index is 0.0957. The van der Waals surface area contributed by atoms with Gasteiger partial charge in [-0.1, -0.05) is 232 Å². The molecule has 0 aliphatic heterocycles. The smallest absolute Gasteiger partial charge is 0.306 e. The highest BCUT2D eigenvalue weighted by molar-refractivity contribution is 5.71. The van der Waals surface area contributed by atoms with Gasteiger partial charge < -0.3 is 14.2 Å². The van der Waals surface area contributed by atoms with Gasteiger partial charge in [-0.2, -0.15) is 0 Å². The van der Waals surface area contributed by atoms with Gasteiger partial charge in [0.1, 0.15) is 13.2 Å². The summed E-state index contributed by atoms with van der Waals surface area (Å²) in [5.74, 6) is -0.940. The average Bonchev–Trinajstić information content (AvgIpc) is 3.39. The number of ether oxygens (including phenoxy) is 3. The van der Waals surface area contributed by atoms with Gasteiger partial charge >= 0.3 is 17.9 Å². The van der Waals surface area contributed by atoms with E-state index in [2.05, 4.69) is 142 Å². The molecule has 0 radical (unpaired) electrons. The SMILES string of the molecule is CC/C=C\C/C=C\C/C=C\C/C=C\C/C=C\C/C=C\C/C=C\C/C=C\CCCCCCC(=O)OCC(COC(=O)CCCCCCC/C=C\CCCCC)OC(=O)CCCCCCC/C=C\CCCCCCC. The Labute approximate surface area is 450 Å². The molecule has 0 saturated heterocycles. The molecule has 0 spiro atoms. The number of allylic oxidation sites excluding steroid dienone is 20. The molecule has 0 aliphatic rings. The normalized spacial score (nSPS) is 13.0. The predicted molar refractivity (Wildman–Crippen MR) is 316 cm³/mol. The van der Waals surface area contributed by atoms with Crippen molar-refractivity contribution in [2.24, 2.45) is 0 Å². The van der Waals surface area contributed by atoms with Gasteiger partial charge in [-0.25, -0.2) is 0 Å². The topological polar surface area (TPSA) is 78.9 Å². The number of hydrogen-bond acceptors (Lipinski definition) is 6. The van der Waals surface area contributed by atoms with Crippen LogP contribution in [-0.2, 0) is 28.6 Å². The number of esters is 3. The summed E-state index contributed by atoms with van der Waals surface area (Å²) in [6.07, 6.45) is 83.4. The Balaban J connectivity index is 4.36. The van der Waals surface area contributed by atoms with Crippen molar-refractivity contribution in [1.82, 2.24) is 0 Å². The zero-order valence-corrected chi connectivity index (χ0v) is 47.4. The van der Waals surface area contributed by atoms with Gasteiger partial charge in [0, 0.05) is 19.3 Å². The van der Waals surface area contributed by atoms with E-state index >= 15 is 0 Å². The molecular formula is C67H110O6. The van der Waals surface area contributed by atoms with Crippen molar-refractivity contribution < 1.29 is 28.6 Å². The standard InChI is InChI=1S/C67H110O6/c1-4-7-10-13-16-19-22-25-27-28-29-30-31-32-33-34-35-36-37-38-39-40-41-43-45-48-51-54-57-60-66(69)72-63-64(62-71-65(68)59-56-53-50-47-44-24-21-18-15-12-9-6-3)73-67(70)61-58-55-52-49-46-42-26-23-20-17-14-11-8-5-2/h7,10,16,18-19,21,23,25-27,29-30,32-33,35-36,38-39,41,43,64H,4-6,8-9,11-15,17,20,22,24,28,31,34,37,40,42,44-63H2,1-3H3/b10-7-,19-16-,21-18-,26-23-,27-25-,30-29-,33-32-,36-35-,39-38-,43-41-. The van der Waals surface area contributed by atoms with Crippen molar-refractivity contribution in [3.63, 3.8) is 0 Å². The van der Waals surface area contributed by atoms with Gasteiger partial charge in [0.15, 0.2) is 6.10 Å². The molecule has 6 nitrogen and oxygen atoms in total. The lowest BCUT2D eigenvalue weighted by molar-refractivity contribution is -0.167. The van der Waals surface area contributed by atoms with Crippen molar-refractivity contribution in [1.29, 1.82) is 0 Å². The van der Waals surface area contributed by atoms with E-state index in [0.717, 1.165) is 148 Å². The van der Waals surface area contributed by atoms with Crippen molar-refractivity contribution in [2.45, 2.75) is 271 Å². The van der Waals surface area contributed by atoms with Crippen LogP contribution in [-0.4, -0.2) is 37.2 Å². The number of carbonyl (C=O) groups is 3. The van der Waals surface area contributed by atoms with Crippen LogP contribution in [0.5, 0.6) is 0 Å². The molecule has 0 aromatic heterocycles. The van der Waals surface area contributed by atoms with E-state index in [1.165, 1.54) is 77.0 Å². The van der Waals surface area contributed by atoms with Crippen LogP contribution in [0.4, 0.5) is 0 Å². The van der Waals surface area contributed by atoms with E-state index in [1.807, 2.05) is 0 Å². The quantitative estimate of drug-likeness (QED) is 0.0261. The fourth-order valence-corrected chi connectivity index (χ4v) is 7.92. The summed E-state index contributed by atoms with van der Waals surface area (Å²) in [6, 6.07) is 0. The molecule has 414 valence electrons. The number of carbonyl (C=O) groups excluding carboxylic acids is 3. The Morgan fingerprint density at radius 2 is 0.534 bits per heavy atom. The fraction of sp³-hybridized carbons (Fsp3) is 0.657. The van der Waals surface area contributed by atoms with Crippen molar-refractivity contribution in [3.8, 4) is 0 Å². The lowest BCUT2D eigenvalue weighted by atomic mass is 10.1. The summed E-state index contributed by atoms with van der Waals surface area (Å²) in [7, 11) is 0. The minimum Gasteiger partial charge on any atom is -0.462 e. The first kappa shape index (κ1) is 68.8. The molecule has 0 amide bonds. The van der Waals surface area contributed by atoms with Gasteiger partial charge in [-0.05, 0) is 135 Å². The Hall–Kier alpha value is -4.19. The van der Waals surface area contributed by atoms with Gasteiger partial charge in [0.05, 0.1) is 0 Å². The molecule has 1 unspecified atom stereocenters. The first-order valence-corrected chi connectivity index (χ1v) is 30.0. The molecule has 0 bridgehead atoms. The molecule has 0 aromatic rings. The Morgan fingerprint density at radius 1 is 0.288 bits per heavy atom. The Kier molecular flexibility index (Phi) is 56.9. The zero-order valence-electron chi connectivity index (χ0n) is 47.4. The molecular weight excluding hydrogens is 901 g/mol. The average molecular weight is 1010 g/mol. The van der Waals surface area contributed by atoms with E-state index in [4.69, 9.17) is 14.2 Å². The van der Waals surface area contributed by atoms with Crippen molar-refractivity contribution in [3.05, 3.63) is 122 Å². The monoisotopic (exact) mass is 1010 g/mol. The summed E-state index contributed by atoms with van der Waals surface area (Å²) < 4.78 is 16.8. The predicted octanol–water partition coefficient (Wildman–Crippen LogP) is 20.4. The van der Waals surface area contributed by atoms with Gasteiger partial charge in [0.2, 0.25) is 0 Å². The fourth-order valence-electron chi connectivity index (χ4n) is 7.92. The van der Waals surface area contributed by atoms with Gasteiger partial charge in [-0.3, -0.25) is 14.4 Å². The third kappa shape index (κ3) is 58.6. The summed E-state index contributed by atoms with van der Waals surface area (Å²) in [5, 5.41) is 0. The summed E-state index contributed by atoms with van der Waals surface area (Å²) >= 11 is 0. The van der Waals surface area contributed by atoms with Crippen LogP contribution in [0.15, 0.2) is 122 Å². The van der Waals surface area contributed by atoms with Crippen LogP contribution < -0.4 is 0 Å². The molecule has 1 atom stereocenters. The van der Waals surface area contributed by atoms with E-state index < -0.39 is 6.10 Å². The van der Waals surface area contributed by atoms with Crippen molar-refractivity contribution >= 4 is 17.9 Å². The van der Waals surface area contributed by atoms with E-state index in [-0.39, 0.29) is 31.1 Å². The Bertz CT molecular complexity index is 1540. The number of rotatable bonds is 53. The second-order valence-corrected chi connectivity index (χ2v) is 19.5. The largest absolute Gasteiger partial charge is 0.462 e. The van der Waals surface area contributed by atoms with Crippen LogP contribution in [0.3, 0.4) is 0 Å².